The van der Waals surface area contributed by atoms with Crippen molar-refractivity contribution < 1.29 is 23.0 Å². The van der Waals surface area contributed by atoms with E-state index in [1.807, 2.05) is 0 Å². The molecule has 0 atom stereocenters. The van der Waals surface area contributed by atoms with Crippen LogP contribution in [-0.2, 0) is 6.42 Å². The first-order valence-electron chi connectivity index (χ1n) is 8.24. The summed E-state index contributed by atoms with van der Waals surface area (Å²) in [6.07, 6.45) is 0.305. The van der Waals surface area contributed by atoms with E-state index in [9.17, 15) is 8.78 Å². The lowest BCUT2D eigenvalue weighted by molar-refractivity contribution is 0.324. The highest BCUT2D eigenvalue weighted by Gasteiger charge is 2.14. The number of nitrogens with zero attached hydrogens (tertiary/aromatic N) is 1. The smallest absolute Gasteiger partial charge is 0.203 e. The van der Waals surface area contributed by atoms with Crippen LogP contribution in [0.5, 0.6) is 17.2 Å². The molecule has 0 spiro atoms. The number of ether oxygens (including phenoxy) is 3. The van der Waals surface area contributed by atoms with Crippen LogP contribution in [0.3, 0.4) is 0 Å². The molecule has 0 unspecified atom stereocenters. The average Bonchev–Trinajstić information content (AvgIpc) is 2.68. The molecular weight excluding hydrogens is 483 g/mol. The molecule has 0 bridgehead atoms. The van der Waals surface area contributed by atoms with E-state index in [2.05, 4.69) is 15.6 Å². The molecule has 6 nitrogen and oxygen atoms in total. The van der Waals surface area contributed by atoms with Gasteiger partial charge in [-0.25, -0.2) is 8.78 Å². The summed E-state index contributed by atoms with van der Waals surface area (Å²) in [4.78, 5) is 4.12. The van der Waals surface area contributed by atoms with Gasteiger partial charge in [0.15, 0.2) is 17.5 Å². The lowest BCUT2D eigenvalue weighted by Crippen LogP contribution is -2.32. The maximum atomic E-state index is 13.7. The molecule has 0 fully saturated rings. The summed E-state index contributed by atoms with van der Waals surface area (Å²) in [6, 6.07) is 6.87. The van der Waals surface area contributed by atoms with Gasteiger partial charge in [0.05, 0.1) is 21.3 Å². The van der Waals surface area contributed by atoms with Crippen LogP contribution in [0, 0.1) is 11.6 Å². The Kier molecular flexibility index (Phi) is 9.77. The summed E-state index contributed by atoms with van der Waals surface area (Å²) in [7, 11) is 6.19. The Hall–Kier alpha value is -2.30. The van der Waals surface area contributed by atoms with Gasteiger partial charge in [0, 0.05) is 31.4 Å². The molecule has 0 saturated carbocycles. The summed E-state index contributed by atoms with van der Waals surface area (Å²) in [6.45, 7) is 0.366. The number of nitrogens with one attached hydrogen (secondary N) is 2. The van der Waals surface area contributed by atoms with Crippen molar-refractivity contribution in [2.75, 3.05) is 40.2 Å². The lowest BCUT2D eigenvalue weighted by atomic mass is 10.1. The predicted octanol–water partition coefficient (Wildman–Crippen LogP) is 3.84. The highest BCUT2D eigenvalue weighted by Crippen LogP contribution is 2.39. The molecule has 0 saturated heterocycles. The Morgan fingerprint density at radius 2 is 1.64 bits per heavy atom. The number of benzene rings is 2. The summed E-state index contributed by atoms with van der Waals surface area (Å²) in [5.74, 6) is 1.03. The fourth-order valence-corrected chi connectivity index (χ4v) is 2.52. The van der Waals surface area contributed by atoms with E-state index >= 15 is 0 Å². The largest absolute Gasteiger partial charge is 0.493 e. The maximum Gasteiger partial charge on any atom is 0.203 e. The van der Waals surface area contributed by atoms with E-state index < -0.39 is 11.6 Å². The van der Waals surface area contributed by atoms with Crippen LogP contribution >= 0.6 is 24.0 Å². The van der Waals surface area contributed by atoms with Crippen molar-refractivity contribution in [3.63, 3.8) is 0 Å². The first-order chi connectivity index (χ1) is 13.0. The van der Waals surface area contributed by atoms with Gasteiger partial charge >= 0.3 is 0 Å². The fraction of sp³-hybridized carbons (Fsp3) is 0.316. The average molecular weight is 507 g/mol. The number of hydrogen-bond donors (Lipinski definition) is 2. The van der Waals surface area contributed by atoms with E-state index in [0.29, 0.717) is 47.4 Å². The first-order valence-corrected chi connectivity index (χ1v) is 8.24. The number of halogens is 3. The minimum absolute atomic E-state index is 0. The SMILES string of the molecule is CN=C(NCCc1cc(F)ccc1F)Nc1cc(OC)c(OC)c(OC)c1.I. The molecule has 2 rings (SSSR count). The monoisotopic (exact) mass is 507 g/mol. The van der Waals surface area contributed by atoms with Crippen molar-refractivity contribution in [1.29, 1.82) is 0 Å². The van der Waals surface area contributed by atoms with Gasteiger partial charge in [-0.2, -0.15) is 0 Å². The Labute approximate surface area is 180 Å². The van der Waals surface area contributed by atoms with Gasteiger partial charge in [-0.15, -0.1) is 24.0 Å². The van der Waals surface area contributed by atoms with E-state index in [1.165, 1.54) is 27.4 Å². The fourth-order valence-electron chi connectivity index (χ4n) is 2.52. The van der Waals surface area contributed by atoms with Crippen molar-refractivity contribution >= 4 is 35.6 Å². The van der Waals surface area contributed by atoms with Gasteiger partial charge in [-0.3, -0.25) is 4.99 Å². The number of rotatable bonds is 7. The third-order valence-electron chi connectivity index (χ3n) is 3.85. The zero-order valence-electron chi connectivity index (χ0n) is 16.1. The molecule has 0 radical (unpaired) electrons. The number of guanidine groups is 1. The second-order valence-corrected chi connectivity index (χ2v) is 5.52. The topological polar surface area (TPSA) is 64.1 Å². The molecule has 0 aromatic heterocycles. The van der Waals surface area contributed by atoms with Crippen molar-refractivity contribution in [1.82, 2.24) is 5.32 Å². The van der Waals surface area contributed by atoms with Gasteiger partial charge < -0.3 is 24.8 Å². The van der Waals surface area contributed by atoms with Crippen LogP contribution < -0.4 is 24.8 Å². The number of anilines is 1. The molecule has 28 heavy (non-hydrogen) atoms. The lowest BCUT2D eigenvalue weighted by Gasteiger charge is -2.16. The van der Waals surface area contributed by atoms with Crippen molar-refractivity contribution in [2.45, 2.75) is 6.42 Å². The normalized spacial score (nSPS) is 10.7. The Balaban J connectivity index is 0.00000392. The minimum atomic E-state index is -0.466. The molecular formula is C19H24F2IN3O3. The van der Waals surface area contributed by atoms with Crippen LogP contribution in [0.4, 0.5) is 14.5 Å². The van der Waals surface area contributed by atoms with E-state index in [1.54, 1.807) is 19.2 Å². The Bertz CT molecular complexity index is 794. The quantitative estimate of drug-likeness (QED) is 0.339. The summed E-state index contributed by atoms with van der Waals surface area (Å²) < 4.78 is 42.8. The van der Waals surface area contributed by atoms with Crippen LogP contribution in [0.15, 0.2) is 35.3 Å². The second-order valence-electron chi connectivity index (χ2n) is 5.52. The van der Waals surface area contributed by atoms with Crippen LogP contribution in [0.25, 0.3) is 0 Å². The molecule has 2 aromatic rings. The summed E-state index contributed by atoms with van der Waals surface area (Å²) in [5, 5.41) is 6.15. The van der Waals surface area contributed by atoms with Gasteiger partial charge in [-0.1, -0.05) is 0 Å². The number of aliphatic imine (C=N–C) groups is 1. The van der Waals surface area contributed by atoms with Crippen molar-refractivity contribution in [3.8, 4) is 17.2 Å². The molecule has 154 valence electrons. The predicted molar refractivity (Wildman–Crippen MR) is 117 cm³/mol. The molecule has 0 aliphatic heterocycles. The number of methoxy groups -OCH3 is 3. The molecule has 0 aliphatic rings. The summed E-state index contributed by atoms with van der Waals surface area (Å²) >= 11 is 0. The minimum Gasteiger partial charge on any atom is -0.493 e. The molecule has 0 amide bonds. The number of hydrogen-bond acceptors (Lipinski definition) is 4. The Morgan fingerprint density at radius 3 is 2.18 bits per heavy atom. The molecule has 2 N–H and O–H groups in total. The maximum absolute atomic E-state index is 13.7. The van der Waals surface area contributed by atoms with Crippen LogP contribution in [0.1, 0.15) is 5.56 Å². The third-order valence-corrected chi connectivity index (χ3v) is 3.85. The van der Waals surface area contributed by atoms with E-state index in [0.717, 1.165) is 12.1 Å². The van der Waals surface area contributed by atoms with Gasteiger partial charge in [0.25, 0.3) is 0 Å². The van der Waals surface area contributed by atoms with Crippen molar-refractivity contribution in [2.24, 2.45) is 4.99 Å². The summed E-state index contributed by atoms with van der Waals surface area (Å²) in [5.41, 5.74) is 0.959. The highest BCUT2D eigenvalue weighted by molar-refractivity contribution is 14.0. The Morgan fingerprint density at radius 1 is 1.00 bits per heavy atom. The van der Waals surface area contributed by atoms with E-state index in [4.69, 9.17) is 14.2 Å². The van der Waals surface area contributed by atoms with Gasteiger partial charge in [0.1, 0.15) is 11.6 Å². The molecule has 9 heteroatoms. The molecule has 2 aromatic carbocycles. The third kappa shape index (κ3) is 6.11. The second kappa shape index (κ2) is 11.5. The molecule has 0 aliphatic carbocycles. The zero-order valence-corrected chi connectivity index (χ0v) is 18.5. The van der Waals surface area contributed by atoms with Crippen LogP contribution in [-0.4, -0.2) is 40.9 Å². The van der Waals surface area contributed by atoms with E-state index in [-0.39, 0.29) is 24.0 Å². The first kappa shape index (κ1) is 23.7. The van der Waals surface area contributed by atoms with Crippen LogP contribution in [0.2, 0.25) is 0 Å². The zero-order chi connectivity index (χ0) is 19.8. The highest BCUT2D eigenvalue weighted by atomic mass is 127. The van der Waals surface area contributed by atoms with Gasteiger partial charge in [0.2, 0.25) is 5.75 Å². The van der Waals surface area contributed by atoms with Crippen molar-refractivity contribution in [3.05, 3.63) is 47.5 Å². The molecule has 0 heterocycles. The standard InChI is InChI=1S/C19H23F2N3O3.HI/c1-22-19(23-8-7-12-9-13(20)5-6-15(12)21)24-14-10-16(25-2)18(27-4)17(11-14)26-3;/h5-6,9-11H,7-8H2,1-4H3,(H2,22,23,24);1H. The van der Waals surface area contributed by atoms with Gasteiger partial charge in [-0.05, 0) is 30.2 Å².